The molecule has 3 nitrogen and oxygen atoms in total. The van der Waals surface area contributed by atoms with E-state index in [-0.39, 0.29) is 0 Å². The fourth-order valence-electron chi connectivity index (χ4n) is 2.90. The molecule has 0 atom stereocenters. The maximum Gasteiger partial charge on any atom is 0.0644 e. The molecule has 1 aliphatic carbocycles. The lowest BCUT2D eigenvalue weighted by Crippen LogP contribution is -2.52. The third-order valence-corrected chi connectivity index (χ3v) is 3.14. The van der Waals surface area contributed by atoms with Crippen molar-refractivity contribution in [3.05, 3.63) is 0 Å². The number of nitrogens with one attached hydrogen (secondary N) is 1. The molecule has 3 rings (SSSR count). The smallest absolute Gasteiger partial charge is 0.0644 e. The Bertz CT molecular complexity index is 157. The average molecular weight is 171 g/mol. The van der Waals surface area contributed by atoms with Crippen LogP contribution in [0.5, 0.6) is 0 Å². The highest BCUT2D eigenvalue weighted by Gasteiger charge is 2.60. The van der Waals surface area contributed by atoms with Gasteiger partial charge in [0.2, 0.25) is 0 Å². The minimum atomic E-state index is 0.299. The van der Waals surface area contributed by atoms with E-state index in [4.69, 9.17) is 9.47 Å². The van der Waals surface area contributed by atoms with E-state index >= 15 is 0 Å². The van der Waals surface area contributed by atoms with E-state index in [1.54, 1.807) is 14.2 Å². The Labute approximate surface area is 73.4 Å². The molecule has 2 heterocycles. The van der Waals surface area contributed by atoms with Gasteiger partial charge in [0.1, 0.15) is 0 Å². The average Bonchev–Trinajstić information content (AvgIpc) is 2.44. The molecule has 3 aliphatic rings. The standard InChI is InChI=1S/C9H17NO2/c1-11-6-8-3-9(4-8,7-12-2)10-5-8/h10H,3-7H2,1-2H3. The van der Waals surface area contributed by atoms with Gasteiger partial charge in [0, 0.05) is 31.7 Å². The Kier molecular flexibility index (Phi) is 1.90. The molecule has 0 aromatic heterocycles. The number of rotatable bonds is 4. The van der Waals surface area contributed by atoms with E-state index in [0.29, 0.717) is 11.0 Å². The topological polar surface area (TPSA) is 30.5 Å². The van der Waals surface area contributed by atoms with Crippen LogP contribution in [0.1, 0.15) is 12.8 Å². The monoisotopic (exact) mass is 171 g/mol. The third-order valence-electron chi connectivity index (χ3n) is 3.14. The highest BCUT2D eigenvalue weighted by Crippen LogP contribution is 2.53. The molecule has 2 saturated heterocycles. The summed E-state index contributed by atoms with van der Waals surface area (Å²) < 4.78 is 10.4. The van der Waals surface area contributed by atoms with Crippen molar-refractivity contribution in [2.45, 2.75) is 18.4 Å². The fourth-order valence-corrected chi connectivity index (χ4v) is 2.90. The number of ether oxygens (including phenoxy) is 2. The van der Waals surface area contributed by atoms with Crippen molar-refractivity contribution in [3.63, 3.8) is 0 Å². The van der Waals surface area contributed by atoms with Crippen molar-refractivity contribution >= 4 is 0 Å². The Hall–Kier alpha value is -0.120. The molecule has 12 heavy (non-hydrogen) atoms. The summed E-state index contributed by atoms with van der Waals surface area (Å²) in [6.07, 6.45) is 2.45. The zero-order valence-electron chi connectivity index (χ0n) is 7.85. The summed E-state index contributed by atoms with van der Waals surface area (Å²) in [5, 5.41) is 3.53. The first-order valence-electron chi connectivity index (χ1n) is 4.47. The van der Waals surface area contributed by atoms with Gasteiger partial charge in [-0.1, -0.05) is 0 Å². The zero-order chi connectivity index (χ0) is 8.66. The number of methoxy groups -OCH3 is 2. The van der Waals surface area contributed by atoms with Crippen LogP contribution in [-0.4, -0.2) is 39.5 Å². The van der Waals surface area contributed by atoms with Crippen molar-refractivity contribution in [3.8, 4) is 0 Å². The molecule has 0 spiro atoms. The second-order valence-electron chi connectivity index (χ2n) is 4.35. The lowest BCUT2D eigenvalue weighted by atomic mass is 9.63. The van der Waals surface area contributed by atoms with E-state index in [9.17, 15) is 0 Å². The molecular formula is C9H17NO2. The van der Waals surface area contributed by atoms with E-state index in [1.807, 2.05) is 0 Å². The zero-order valence-corrected chi connectivity index (χ0v) is 7.85. The van der Waals surface area contributed by atoms with Crippen LogP contribution in [0.25, 0.3) is 0 Å². The first kappa shape index (κ1) is 8.48. The Morgan fingerprint density at radius 2 is 1.83 bits per heavy atom. The molecule has 1 N–H and O–H groups in total. The van der Waals surface area contributed by atoms with Gasteiger partial charge in [-0.05, 0) is 12.8 Å². The second-order valence-corrected chi connectivity index (χ2v) is 4.35. The minimum Gasteiger partial charge on any atom is -0.384 e. The predicted octanol–water partition coefficient (Wildman–Crippen LogP) is 0.401. The maximum atomic E-state index is 5.21. The molecule has 3 heteroatoms. The SMILES string of the molecule is COCC12CNC(COC)(C1)C2. The molecule has 70 valence electrons. The molecule has 2 bridgehead atoms. The molecule has 0 amide bonds. The molecule has 3 fully saturated rings. The Morgan fingerprint density at radius 1 is 1.17 bits per heavy atom. The first-order chi connectivity index (χ1) is 5.74. The van der Waals surface area contributed by atoms with Crippen molar-refractivity contribution < 1.29 is 9.47 Å². The summed E-state index contributed by atoms with van der Waals surface area (Å²) in [6.45, 7) is 2.84. The van der Waals surface area contributed by atoms with Crippen LogP contribution in [0, 0.1) is 5.41 Å². The normalized spacial score (nSPS) is 44.5. The minimum absolute atomic E-state index is 0.299. The lowest BCUT2D eigenvalue weighted by Gasteiger charge is -2.45. The summed E-state index contributed by atoms with van der Waals surface area (Å²) in [5.41, 5.74) is 0.737. The summed E-state index contributed by atoms with van der Waals surface area (Å²) >= 11 is 0. The van der Waals surface area contributed by atoms with Crippen LogP contribution in [0.2, 0.25) is 0 Å². The van der Waals surface area contributed by atoms with E-state index in [1.165, 1.54) is 12.8 Å². The lowest BCUT2D eigenvalue weighted by molar-refractivity contribution is -0.0132. The summed E-state index contributed by atoms with van der Waals surface area (Å²) in [6, 6.07) is 0. The second kappa shape index (κ2) is 2.69. The predicted molar refractivity (Wildman–Crippen MR) is 46.2 cm³/mol. The molecule has 2 aliphatic heterocycles. The van der Waals surface area contributed by atoms with E-state index in [0.717, 1.165) is 19.8 Å². The molecule has 0 aromatic rings. The van der Waals surface area contributed by atoms with Crippen molar-refractivity contribution in [2.75, 3.05) is 34.0 Å². The van der Waals surface area contributed by atoms with Crippen LogP contribution >= 0.6 is 0 Å². The third kappa shape index (κ3) is 1.08. The van der Waals surface area contributed by atoms with E-state index in [2.05, 4.69) is 5.32 Å². The van der Waals surface area contributed by atoms with Gasteiger partial charge in [-0.2, -0.15) is 0 Å². The van der Waals surface area contributed by atoms with Crippen molar-refractivity contribution in [1.29, 1.82) is 0 Å². The maximum absolute atomic E-state index is 5.21. The molecule has 0 radical (unpaired) electrons. The van der Waals surface area contributed by atoms with Gasteiger partial charge in [-0.15, -0.1) is 0 Å². The number of fused-ring (bicyclic) bond motifs is 1. The van der Waals surface area contributed by atoms with Gasteiger partial charge in [0.05, 0.1) is 13.2 Å². The highest BCUT2D eigenvalue weighted by molar-refractivity contribution is 5.16. The van der Waals surface area contributed by atoms with Gasteiger partial charge in [-0.3, -0.25) is 0 Å². The van der Waals surface area contributed by atoms with E-state index < -0.39 is 0 Å². The van der Waals surface area contributed by atoms with Crippen LogP contribution < -0.4 is 5.32 Å². The Balaban J connectivity index is 1.91. The highest BCUT2D eigenvalue weighted by atomic mass is 16.5. The quantitative estimate of drug-likeness (QED) is 0.664. The number of hydrogen-bond acceptors (Lipinski definition) is 3. The summed E-state index contributed by atoms with van der Waals surface area (Å²) in [5.74, 6) is 0. The van der Waals surface area contributed by atoms with Crippen LogP contribution in [-0.2, 0) is 9.47 Å². The van der Waals surface area contributed by atoms with Gasteiger partial charge >= 0.3 is 0 Å². The van der Waals surface area contributed by atoms with Gasteiger partial charge in [0.25, 0.3) is 0 Å². The largest absolute Gasteiger partial charge is 0.384 e. The van der Waals surface area contributed by atoms with Gasteiger partial charge in [-0.25, -0.2) is 0 Å². The van der Waals surface area contributed by atoms with Crippen molar-refractivity contribution in [1.82, 2.24) is 5.32 Å². The molecule has 0 unspecified atom stereocenters. The fraction of sp³-hybridized carbons (Fsp3) is 1.00. The summed E-state index contributed by atoms with van der Waals surface area (Å²) in [4.78, 5) is 0. The van der Waals surface area contributed by atoms with Crippen LogP contribution in [0.4, 0.5) is 0 Å². The van der Waals surface area contributed by atoms with Gasteiger partial charge < -0.3 is 14.8 Å². The number of hydrogen-bond donors (Lipinski definition) is 1. The molecule has 1 saturated carbocycles. The molecule has 0 aromatic carbocycles. The molecular weight excluding hydrogens is 154 g/mol. The van der Waals surface area contributed by atoms with Gasteiger partial charge in [0.15, 0.2) is 0 Å². The Morgan fingerprint density at radius 3 is 2.42 bits per heavy atom. The van der Waals surface area contributed by atoms with Crippen LogP contribution in [0.3, 0.4) is 0 Å². The van der Waals surface area contributed by atoms with Crippen molar-refractivity contribution in [2.24, 2.45) is 5.41 Å². The summed E-state index contributed by atoms with van der Waals surface area (Å²) in [7, 11) is 3.55. The van der Waals surface area contributed by atoms with Crippen LogP contribution in [0.15, 0.2) is 0 Å². The first-order valence-corrected chi connectivity index (χ1v) is 4.47.